The van der Waals surface area contributed by atoms with Gasteiger partial charge in [0.15, 0.2) is 11.5 Å². The molecule has 1 aliphatic rings. The molecule has 1 heterocycles. The molecule has 0 unspecified atom stereocenters. The molecule has 174 valence electrons. The molecular weight excluding hydrogens is 456 g/mol. The smallest absolute Gasteiger partial charge is 0.387 e. The predicted octanol–water partition coefficient (Wildman–Crippen LogP) is 2.71. The van der Waals surface area contributed by atoms with Crippen LogP contribution in [0, 0.1) is 11.3 Å². The normalized spacial score (nSPS) is 14.9. The van der Waals surface area contributed by atoms with Crippen molar-refractivity contribution in [2.45, 2.75) is 11.5 Å². The first kappa shape index (κ1) is 24.2. The van der Waals surface area contributed by atoms with Crippen LogP contribution in [0.15, 0.2) is 53.4 Å². The molecular formula is C22H21F2N3O5S. The van der Waals surface area contributed by atoms with Crippen molar-refractivity contribution in [3.8, 4) is 17.6 Å². The van der Waals surface area contributed by atoms with E-state index in [9.17, 15) is 22.0 Å². The molecule has 1 aliphatic heterocycles. The van der Waals surface area contributed by atoms with E-state index in [4.69, 9.17) is 10.00 Å². The number of ether oxygens (including phenoxy) is 2. The zero-order chi connectivity index (χ0) is 24.0. The summed E-state index contributed by atoms with van der Waals surface area (Å²) in [6, 6.07) is 11.9. The summed E-state index contributed by atoms with van der Waals surface area (Å²) in [6.45, 7) is -2.29. The van der Waals surface area contributed by atoms with Crippen LogP contribution in [0.3, 0.4) is 0 Å². The molecule has 0 radical (unpaired) electrons. The van der Waals surface area contributed by atoms with Crippen LogP contribution in [0.2, 0.25) is 0 Å². The Morgan fingerprint density at radius 2 is 1.76 bits per heavy atom. The zero-order valence-corrected chi connectivity index (χ0v) is 18.5. The van der Waals surface area contributed by atoms with E-state index in [-0.39, 0.29) is 48.5 Å². The average Bonchev–Trinajstić information content (AvgIpc) is 2.83. The minimum atomic E-state index is -3.72. The van der Waals surface area contributed by atoms with E-state index in [0.717, 1.165) is 0 Å². The minimum absolute atomic E-state index is 0.0920. The summed E-state index contributed by atoms with van der Waals surface area (Å²) in [5, 5.41) is 8.86. The molecule has 0 bridgehead atoms. The molecule has 1 amide bonds. The van der Waals surface area contributed by atoms with Gasteiger partial charge in [-0.1, -0.05) is 6.07 Å². The first-order valence-electron chi connectivity index (χ1n) is 9.84. The number of nitriles is 1. The second-order valence-electron chi connectivity index (χ2n) is 6.99. The van der Waals surface area contributed by atoms with Gasteiger partial charge in [-0.25, -0.2) is 8.42 Å². The van der Waals surface area contributed by atoms with Gasteiger partial charge in [-0.05, 0) is 48.0 Å². The lowest BCUT2D eigenvalue weighted by molar-refractivity contribution is -0.127. The van der Waals surface area contributed by atoms with Crippen LogP contribution in [0.1, 0.15) is 11.1 Å². The fourth-order valence-corrected chi connectivity index (χ4v) is 4.68. The van der Waals surface area contributed by atoms with E-state index in [1.165, 1.54) is 70.9 Å². The third-order valence-corrected chi connectivity index (χ3v) is 6.91. The number of halogens is 2. The molecule has 1 saturated heterocycles. The Morgan fingerprint density at radius 1 is 1.09 bits per heavy atom. The predicted molar refractivity (Wildman–Crippen MR) is 115 cm³/mol. The molecule has 2 aromatic carbocycles. The molecule has 0 aromatic heterocycles. The maximum absolute atomic E-state index is 12.8. The highest BCUT2D eigenvalue weighted by Crippen LogP contribution is 2.30. The van der Waals surface area contributed by atoms with Crippen LogP contribution in [0.25, 0.3) is 6.08 Å². The van der Waals surface area contributed by atoms with Gasteiger partial charge in [-0.15, -0.1) is 0 Å². The Hall–Kier alpha value is -3.49. The number of hydrogen-bond acceptors (Lipinski definition) is 6. The van der Waals surface area contributed by atoms with Gasteiger partial charge in [0.2, 0.25) is 15.9 Å². The molecule has 0 saturated carbocycles. The number of amides is 1. The fraction of sp³-hybridized carbons (Fsp3) is 0.273. The van der Waals surface area contributed by atoms with Crippen LogP contribution in [-0.4, -0.2) is 63.4 Å². The first-order valence-corrected chi connectivity index (χ1v) is 11.3. The van der Waals surface area contributed by atoms with Crippen LogP contribution in [0.4, 0.5) is 8.78 Å². The molecule has 0 atom stereocenters. The third-order valence-electron chi connectivity index (χ3n) is 4.99. The van der Waals surface area contributed by atoms with Crippen molar-refractivity contribution in [1.29, 1.82) is 5.26 Å². The lowest BCUT2D eigenvalue weighted by Crippen LogP contribution is -2.50. The summed E-state index contributed by atoms with van der Waals surface area (Å²) in [6.07, 6.45) is 2.84. The summed E-state index contributed by atoms with van der Waals surface area (Å²) in [4.78, 5) is 14.1. The van der Waals surface area contributed by atoms with Gasteiger partial charge in [0.25, 0.3) is 0 Å². The van der Waals surface area contributed by atoms with Crippen molar-refractivity contribution < 1.29 is 31.5 Å². The number of benzene rings is 2. The number of alkyl halides is 2. The van der Waals surface area contributed by atoms with Crippen molar-refractivity contribution in [2.75, 3.05) is 33.3 Å². The lowest BCUT2D eigenvalue weighted by atomic mass is 10.2. The lowest BCUT2D eigenvalue weighted by Gasteiger charge is -2.33. The number of carbonyl (C=O) groups is 1. The van der Waals surface area contributed by atoms with Crippen molar-refractivity contribution in [1.82, 2.24) is 9.21 Å². The summed E-state index contributed by atoms with van der Waals surface area (Å²) in [5.41, 5.74) is 0.911. The van der Waals surface area contributed by atoms with E-state index < -0.39 is 16.6 Å². The topological polar surface area (TPSA) is 99.9 Å². The quantitative estimate of drug-likeness (QED) is 0.569. The van der Waals surface area contributed by atoms with Crippen molar-refractivity contribution in [3.05, 3.63) is 59.7 Å². The number of rotatable bonds is 7. The largest absolute Gasteiger partial charge is 0.493 e. The van der Waals surface area contributed by atoms with Crippen LogP contribution >= 0.6 is 0 Å². The highest BCUT2D eigenvalue weighted by molar-refractivity contribution is 7.89. The Bertz CT molecular complexity index is 1170. The van der Waals surface area contributed by atoms with Crippen molar-refractivity contribution in [3.63, 3.8) is 0 Å². The molecule has 0 spiro atoms. The number of sulfonamides is 1. The van der Waals surface area contributed by atoms with Gasteiger partial charge in [0, 0.05) is 32.3 Å². The van der Waals surface area contributed by atoms with Gasteiger partial charge in [-0.2, -0.15) is 18.3 Å². The number of hydrogen-bond donors (Lipinski definition) is 0. The van der Waals surface area contributed by atoms with E-state index >= 15 is 0 Å². The molecule has 0 aliphatic carbocycles. The Labute approximate surface area is 190 Å². The number of piperazine rings is 1. The fourth-order valence-electron chi connectivity index (χ4n) is 3.25. The number of nitrogens with zero attached hydrogens (tertiary/aromatic N) is 3. The molecule has 11 heteroatoms. The maximum atomic E-state index is 12.8. The van der Waals surface area contributed by atoms with Gasteiger partial charge >= 0.3 is 6.61 Å². The minimum Gasteiger partial charge on any atom is -0.493 e. The summed E-state index contributed by atoms with van der Waals surface area (Å²) >= 11 is 0. The van der Waals surface area contributed by atoms with Gasteiger partial charge in [0.05, 0.1) is 23.6 Å². The maximum Gasteiger partial charge on any atom is 0.387 e. The Kier molecular flexibility index (Phi) is 7.63. The first-order chi connectivity index (χ1) is 15.7. The zero-order valence-electron chi connectivity index (χ0n) is 17.6. The van der Waals surface area contributed by atoms with E-state index in [2.05, 4.69) is 4.74 Å². The summed E-state index contributed by atoms with van der Waals surface area (Å²) < 4.78 is 61.1. The van der Waals surface area contributed by atoms with Gasteiger partial charge in [0.1, 0.15) is 0 Å². The van der Waals surface area contributed by atoms with E-state index in [1.54, 1.807) is 0 Å². The van der Waals surface area contributed by atoms with Crippen LogP contribution < -0.4 is 9.47 Å². The van der Waals surface area contributed by atoms with E-state index in [1.807, 2.05) is 6.07 Å². The Morgan fingerprint density at radius 3 is 2.33 bits per heavy atom. The monoisotopic (exact) mass is 477 g/mol. The summed E-state index contributed by atoms with van der Waals surface area (Å²) in [5.74, 6) is -0.320. The standard InChI is InChI=1S/C22H21F2N3O5S/c1-31-20-14-16(4-8-19(20)32-22(23)24)5-9-21(28)26-10-12-27(13-11-26)33(29,30)18-6-2-17(15-25)3-7-18/h2-9,14,22H,10-13H2,1H3/b9-5+. The second kappa shape index (κ2) is 10.4. The molecule has 33 heavy (non-hydrogen) atoms. The van der Waals surface area contributed by atoms with Crippen LogP contribution in [0.5, 0.6) is 11.5 Å². The van der Waals surface area contributed by atoms with Gasteiger partial charge < -0.3 is 14.4 Å². The summed E-state index contributed by atoms with van der Waals surface area (Å²) in [7, 11) is -2.41. The Balaban J connectivity index is 1.61. The second-order valence-corrected chi connectivity index (χ2v) is 8.93. The number of carbonyl (C=O) groups excluding carboxylic acids is 1. The molecule has 3 rings (SSSR count). The van der Waals surface area contributed by atoms with Crippen molar-refractivity contribution in [2.24, 2.45) is 0 Å². The molecule has 8 nitrogen and oxygen atoms in total. The average molecular weight is 477 g/mol. The number of methoxy groups -OCH3 is 1. The van der Waals surface area contributed by atoms with E-state index in [0.29, 0.717) is 11.1 Å². The highest BCUT2D eigenvalue weighted by atomic mass is 32.2. The van der Waals surface area contributed by atoms with Gasteiger partial charge in [-0.3, -0.25) is 4.79 Å². The highest BCUT2D eigenvalue weighted by Gasteiger charge is 2.29. The van der Waals surface area contributed by atoms with Crippen LogP contribution in [-0.2, 0) is 14.8 Å². The molecule has 2 aromatic rings. The third kappa shape index (κ3) is 5.85. The molecule has 1 fully saturated rings. The van der Waals surface area contributed by atoms with Crippen molar-refractivity contribution >= 4 is 22.0 Å². The SMILES string of the molecule is COc1cc(/C=C/C(=O)N2CCN(S(=O)(=O)c3ccc(C#N)cc3)CC2)ccc1OC(F)F. The molecule has 0 N–H and O–H groups in total.